The molecular formula is C13H13Cl2F3N2O. The first-order chi connectivity index (χ1) is 9.69. The van der Waals surface area contributed by atoms with Crippen LogP contribution in [0, 0.1) is 5.92 Å². The van der Waals surface area contributed by atoms with Crippen molar-refractivity contribution in [3.05, 3.63) is 28.0 Å². The van der Waals surface area contributed by atoms with Crippen molar-refractivity contribution < 1.29 is 18.0 Å². The summed E-state index contributed by atoms with van der Waals surface area (Å²) in [5, 5.41) is -0.00615. The summed E-state index contributed by atoms with van der Waals surface area (Å²) < 4.78 is 38.2. The van der Waals surface area contributed by atoms with E-state index in [1.807, 2.05) is 0 Å². The van der Waals surface area contributed by atoms with Crippen LogP contribution in [0.3, 0.4) is 0 Å². The van der Waals surface area contributed by atoms with E-state index in [0.717, 1.165) is 17.7 Å². The quantitative estimate of drug-likeness (QED) is 0.770. The summed E-state index contributed by atoms with van der Waals surface area (Å²) in [6.07, 6.45) is -2.84. The Morgan fingerprint density at radius 2 is 2.05 bits per heavy atom. The predicted octanol–water partition coefficient (Wildman–Crippen LogP) is 4.19. The molecule has 21 heavy (non-hydrogen) atoms. The highest BCUT2D eigenvalue weighted by atomic mass is 35.5. The van der Waals surface area contributed by atoms with Gasteiger partial charge in [-0.2, -0.15) is 13.2 Å². The summed E-state index contributed by atoms with van der Waals surface area (Å²) in [7, 11) is 0. The molecule has 0 saturated heterocycles. The molecule has 1 atom stereocenters. The van der Waals surface area contributed by atoms with Gasteiger partial charge in [0.2, 0.25) is 0 Å². The Kier molecular flexibility index (Phi) is 4.68. The van der Waals surface area contributed by atoms with E-state index >= 15 is 0 Å². The van der Waals surface area contributed by atoms with Crippen LogP contribution in [-0.2, 0) is 0 Å². The number of rotatable bonds is 4. The zero-order chi connectivity index (χ0) is 15.8. The van der Waals surface area contributed by atoms with E-state index in [-0.39, 0.29) is 21.8 Å². The van der Waals surface area contributed by atoms with Crippen LogP contribution in [0.5, 0.6) is 0 Å². The summed E-state index contributed by atoms with van der Waals surface area (Å²) in [4.78, 5) is 16.9. The number of carbonyl (C=O) groups excluding carboxylic acids is 1. The van der Waals surface area contributed by atoms with Gasteiger partial charge in [-0.15, -0.1) is 0 Å². The fourth-order valence-electron chi connectivity index (χ4n) is 2.13. The van der Waals surface area contributed by atoms with Gasteiger partial charge in [0.15, 0.2) is 0 Å². The van der Waals surface area contributed by atoms with Crippen LogP contribution in [-0.4, -0.2) is 34.6 Å². The molecule has 0 bridgehead atoms. The van der Waals surface area contributed by atoms with Crippen LogP contribution < -0.4 is 0 Å². The molecule has 0 aromatic carbocycles. The van der Waals surface area contributed by atoms with Crippen molar-refractivity contribution in [2.45, 2.75) is 32.0 Å². The zero-order valence-electron chi connectivity index (χ0n) is 11.1. The van der Waals surface area contributed by atoms with Crippen LogP contribution in [0.15, 0.2) is 12.1 Å². The monoisotopic (exact) mass is 340 g/mol. The second-order valence-corrected chi connectivity index (χ2v) is 5.89. The van der Waals surface area contributed by atoms with Gasteiger partial charge in [0.25, 0.3) is 5.91 Å². The van der Waals surface area contributed by atoms with Gasteiger partial charge in [-0.25, -0.2) is 4.98 Å². The Bertz CT molecular complexity index is 547. The average Bonchev–Trinajstić information content (AvgIpc) is 3.20. The number of pyridine rings is 1. The molecule has 1 amide bonds. The molecule has 0 N–H and O–H groups in total. The average molecular weight is 341 g/mol. The van der Waals surface area contributed by atoms with Gasteiger partial charge in [0.1, 0.15) is 17.4 Å². The van der Waals surface area contributed by atoms with Gasteiger partial charge < -0.3 is 4.90 Å². The Hall–Kier alpha value is -1.01. The number of nitrogens with zero attached hydrogens (tertiary/aromatic N) is 2. The SMILES string of the molecule is CC(C1CC1)N(CC(F)(F)F)C(=O)c1nc(Cl)ccc1Cl. The maximum absolute atomic E-state index is 12.7. The molecule has 1 aromatic rings. The molecule has 1 heterocycles. The van der Waals surface area contributed by atoms with Crippen molar-refractivity contribution in [3.8, 4) is 0 Å². The highest BCUT2D eigenvalue weighted by Gasteiger charge is 2.41. The van der Waals surface area contributed by atoms with E-state index in [4.69, 9.17) is 23.2 Å². The topological polar surface area (TPSA) is 33.2 Å². The smallest absolute Gasteiger partial charge is 0.325 e. The summed E-state index contributed by atoms with van der Waals surface area (Å²) in [6.45, 7) is 0.285. The highest BCUT2D eigenvalue weighted by molar-refractivity contribution is 6.34. The molecule has 1 fully saturated rings. The first-order valence-electron chi connectivity index (χ1n) is 6.39. The lowest BCUT2D eigenvalue weighted by molar-refractivity contribution is -0.144. The first kappa shape index (κ1) is 16.4. The third kappa shape index (κ3) is 4.23. The number of hydrogen-bond donors (Lipinski definition) is 0. The Balaban J connectivity index is 2.30. The van der Waals surface area contributed by atoms with Crippen LogP contribution >= 0.6 is 23.2 Å². The second kappa shape index (κ2) is 6.01. The van der Waals surface area contributed by atoms with Crippen LogP contribution in [0.25, 0.3) is 0 Å². The molecule has 2 rings (SSSR count). The fraction of sp³-hybridized carbons (Fsp3) is 0.538. The molecule has 0 spiro atoms. The van der Waals surface area contributed by atoms with Crippen LogP contribution in [0.2, 0.25) is 10.2 Å². The van der Waals surface area contributed by atoms with E-state index in [9.17, 15) is 18.0 Å². The molecule has 1 aliphatic carbocycles. The third-order valence-electron chi connectivity index (χ3n) is 3.42. The molecular weight excluding hydrogens is 328 g/mol. The standard InChI is InChI=1S/C13H13Cl2F3N2O/c1-7(8-2-3-8)20(6-13(16,17)18)12(21)11-9(14)4-5-10(15)19-11/h4-5,7-8H,2-3,6H2,1H3. The van der Waals surface area contributed by atoms with E-state index in [1.54, 1.807) is 6.92 Å². The van der Waals surface area contributed by atoms with Crippen LogP contribution in [0.4, 0.5) is 13.2 Å². The van der Waals surface area contributed by atoms with Crippen molar-refractivity contribution in [1.29, 1.82) is 0 Å². The van der Waals surface area contributed by atoms with Crippen LogP contribution in [0.1, 0.15) is 30.3 Å². The summed E-state index contributed by atoms with van der Waals surface area (Å²) >= 11 is 11.5. The van der Waals surface area contributed by atoms with Gasteiger partial charge in [-0.3, -0.25) is 4.79 Å². The van der Waals surface area contributed by atoms with E-state index in [0.29, 0.717) is 0 Å². The second-order valence-electron chi connectivity index (χ2n) is 5.09. The molecule has 1 saturated carbocycles. The minimum absolute atomic E-state index is 0.00813. The van der Waals surface area contributed by atoms with Gasteiger partial charge in [0.05, 0.1) is 5.02 Å². The molecule has 1 aliphatic rings. The lowest BCUT2D eigenvalue weighted by Gasteiger charge is -2.30. The van der Waals surface area contributed by atoms with Gasteiger partial charge in [-0.1, -0.05) is 23.2 Å². The number of halogens is 5. The Labute approximate surface area is 130 Å². The predicted molar refractivity (Wildman–Crippen MR) is 73.5 cm³/mol. The largest absolute Gasteiger partial charge is 0.406 e. The highest BCUT2D eigenvalue weighted by Crippen LogP contribution is 2.37. The third-order valence-corrected chi connectivity index (χ3v) is 3.94. The van der Waals surface area contributed by atoms with Crippen molar-refractivity contribution >= 4 is 29.1 Å². The van der Waals surface area contributed by atoms with E-state index in [1.165, 1.54) is 12.1 Å². The van der Waals surface area contributed by atoms with Crippen molar-refractivity contribution in [1.82, 2.24) is 9.88 Å². The minimum atomic E-state index is -4.48. The van der Waals surface area contributed by atoms with Gasteiger partial charge in [-0.05, 0) is 37.8 Å². The first-order valence-corrected chi connectivity index (χ1v) is 7.14. The fourth-order valence-corrected chi connectivity index (χ4v) is 2.46. The number of alkyl halides is 3. The number of amides is 1. The minimum Gasteiger partial charge on any atom is -0.325 e. The van der Waals surface area contributed by atoms with Crippen molar-refractivity contribution in [3.63, 3.8) is 0 Å². The lowest BCUT2D eigenvalue weighted by atomic mass is 10.1. The molecule has 1 aromatic heterocycles. The summed E-state index contributed by atoms with van der Waals surface area (Å²) in [5.74, 6) is -0.756. The number of aromatic nitrogens is 1. The Morgan fingerprint density at radius 1 is 1.43 bits per heavy atom. The van der Waals surface area contributed by atoms with E-state index in [2.05, 4.69) is 4.98 Å². The summed E-state index contributed by atoms with van der Waals surface area (Å²) in [6, 6.07) is 2.20. The van der Waals surface area contributed by atoms with Crippen molar-refractivity contribution in [2.75, 3.05) is 6.54 Å². The maximum Gasteiger partial charge on any atom is 0.406 e. The number of carbonyl (C=O) groups is 1. The number of hydrogen-bond acceptors (Lipinski definition) is 2. The molecule has 0 aliphatic heterocycles. The molecule has 116 valence electrons. The normalized spacial score (nSPS) is 16.7. The van der Waals surface area contributed by atoms with Gasteiger partial charge in [0, 0.05) is 6.04 Å². The zero-order valence-corrected chi connectivity index (χ0v) is 12.6. The van der Waals surface area contributed by atoms with Gasteiger partial charge >= 0.3 is 6.18 Å². The molecule has 8 heteroatoms. The molecule has 1 unspecified atom stereocenters. The van der Waals surface area contributed by atoms with E-state index < -0.39 is 24.7 Å². The molecule has 3 nitrogen and oxygen atoms in total. The maximum atomic E-state index is 12.7. The Morgan fingerprint density at radius 3 is 2.57 bits per heavy atom. The molecule has 0 radical (unpaired) electrons. The van der Waals surface area contributed by atoms with Crippen molar-refractivity contribution in [2.24, 2.45) is 5.92 Å². The lowest BCUT2D eigenvalue weighted by Crippen LogP contribution is -2.45. The summed E-state index contributed by atoms with van der Waals surface area (Å²) in [5.41, 5.74) is -0.249.